The molecule has 0 atom stereocenters. The Hall–Kier alpha value is -2.88. The van der Waals surface area contributed by atoms with Gasteiger partial charge in [0.1, 0.15) is 17.1 Å². The van der Waals surface area contributed by atoms with Crippen molar-refractivity contribution in [2.45, 2.75) is 6.92 Å². The van der Waals surface area contributed by atoms with Crippen molar-refractivity contribution < 1.29 is 14.6 Å². The summed E-state index contributed by atoms with van der Waals surface area (Å²) >= 11 is 0. The summed E-state index contributed by atoms with van der Waals surface area (Å²) in [6.07, 6.45) is 0. The standard InChI is InChI=1S/C17H13NO3/c1-11-10-16(12-6-2-4-8-14(12)18-11)21-15-9-5-3-7-13(15)17(19)20/h2-10H,1H3,(H,19,20). The van der Waals surface area contributed by atoms with Crippen molar-refractivity contribution in [2.24, 2.45) is 0 Å². The second-order valence-electron chi connectivity index (χ2n) is 4.68. The zero-order valence-electron chi connectivity index (χ0n) is 11.4. The molecule has 0 amide bonds. The number of hydrogen-bond acceptors (Lipinski definition) is 3. The molecule has 0 saturated carbocycles. The number of carboxylic acids is 1. The van der Waals surface area contributed by atoms with Crippen LogP contribution in [0.15, 0.2) is 54.6 Å². The molecule has 0 unspecified atom stereocenters. The van der Waals surface area contributed by atoms with Gasteiger partial charge in [0.05, 0.1) is 5.52 Å². The second-order valence-corrected chi connectivity index (χ2v) is 4.68. The van der Waals surface area contributed by atoms with Gasteiger partial charge in [0.15, 0.2) is 0 Å². The molecule has 2 aromatic carbocycles. The molecule has 0 radical (unpaired) electrons. The van der Waals surface area contributed by atoms with E-state index in [1.807, 2.05) is 31.2 Å². The van der Waals surface area contributed by atoms with Crippen molar-refractivity contribution in [1.29, 1.82) is 0 Å². The number of ether oxygens (including phenoxy) is 1. The average Bonchev–Trinajstić information content (AvgIpc) is 2.47. The molecule has 3 aromatic rings. The van der Waals surface area contributed by atoms with Crippen LogP contribution in [-0.4, -0.2) is 16.1 Å². The zero-order chi connectivity index (χ0) is 14.8. The van der Waals surface area contributed by atoms with E-state index in [0.717, 1.165) is 16.6 Å². The van der Waals surface area contributed by atoms with E-state index in [1.165, 1.54) is 6.07 Å². The number of aromatic carboxylic acids is 1. The molecule has 0 aliphatic rings. The summed E-state index contributed by atoms with van der Waals surface area (Å²) in [4.78, 5) is 15.7. The van der Waals surface area contributed by atoms with Gasteiger partial charge in [0.2, 0.25) is 0 Å². The Morgan fingerprint density at radius 2 is 1.76 bits per heavy atom. The van der Waals surface area contributed by atoms with Crippen LogP contribution in [0.5, 0.6) is 11.5 Å². The van der Waals surface area contributed by atoms with Gasteiger partial charge in [-0.05, 0) is 31.2 Å². The summed E-state index contributed by atoms with van der Waals surface area (Å²) in [6.45, 7) is 1.88. The third kappa shape index (κ3) is 2.56. The Morgan fingerprint density at radius 3 is 2.57 bits per heavy atom. The largest absolute Gasteiger partial charge is 0.478 e. The van der Waals surface area contributed by atoms with Crippen LogP contribution < -0.4 is 4.74 Å². The predicted molar refractivity (Wildman–Crippen MR) is 80.0 cm³/mol. The third-order valence-electron chi connectivity index (χ3n) is 3.14. The number of aromatic nitrogens is 1. The topological polar surface area (TPSA) is 59.4 Å². The molecule has 0 bridgehead atoms. The molecule has 104 valence electrons. The fourth-order valence-electron chi connectivity index (χ4n) is 2.20. The first-order valence-corrected chi connectivity index (χ1v) is 6.52. The van der Waals surface area contributed by atoms with Gasteiger partial charge in [-0.3, -0.25) is 4.98 Å². The van der Waals surface area contributed by atoms with Gasteiger partial charge in [0, 0.05) is 17.1 Å². The van der Waals surface area contributed by atoms with E-state index in [1.54, 1.807) is 24.3 Å². The van der Waals surface area contributed by atoms with Gasteiger partial charge in [0.25, 0.3) is 0 Å². The molecule has 0 fully saturated rings. The van der Waals surface area contributed by atoms with Crippen molar-refractivity contribution >= 4 is 16.9 Å². The number of para-hydroxylation sites is 2. The van der Waals surface area contributed by atoms with E-state index >= 15 is 0 Å². The number of aryl methyl sites for hydroxylation is 1. The molecular weight excluding hydrogens is 266 g/mol. The maximum absolute atomic E-state index is 11.3. The van der Waals surface area contributed by atoms with Crippen LogP contribution in [0.1, 0.15) is 16.1 Å². The minimum Gasteiger partial charge on any atom is -0.478 e. The third-order valence-corrected chi connectivity index (χ3v) is 3.14. The quantitative estimate of drug-likeness (QED) is 0.786. The summed E-state index contributed by atoms with van der Waals surface area (Å²) in [5, 5.41) is 10.1. The lowest BCUT2D eigenvalue weighted by Gasteiger charge is -2.11. The smallest absolute Gasteiger partial charge is 0.339 e. The van der Waals surface area contributed by atoms with Crippen LogP contribution in [0.3, 0.4) is 0 Å². The summed E-state index contributed by atoms with van der Waals surface area (Å²) in [5.74, 6) is -0.0896. The van der Waals surface area contributed by atoms with Crippen molar-refractivity contribution in [2.75, 3.05) is 0 Å². The second kappa shape index (κ2) is 5.25. The summed E-state index contributed by atoms with van der Waals surface area (Å²) in [6, 6.07) is 16.0. The normalized spacial score (nSPS) is 10.5. The first kappa shape index (κ1) is 13.1. The lowest BCUT2D eigenvalue weighted by molar-refractivity contribution is 0.0694. The molecular formula is C17H13NO3. The van der Waals surface area contributed by atoms with Crippen LogP contribution in [0.25, 0.3) is 10.9 Å². The van der Waals surface area contributed by atoms with Crippen molar-refractivity contribution in [3.05, 3.63) is 65.9 Å². The number of rotatable bonds is 3. The van der Waals surface area contributed by atoms with Gasteiger partial charge < -0.3 is 9.84 Å². The van der Waals surface area contributed by atoms with Gasteiger partial charge in [-0.2, -0.15) is 0 Å². The molecule has 0 spiro atoms. The maximum Gasteiger partial charge on any atom is 0.339 e. The molecule has 3 rings (SSSR count). The van der Waals surface area contributed by atoms with Crippen LogP contribution in [-0.2, 0) is 0 Å². The number of carboxylic acid groups (broad SMARTS) is 1. The van der Waals surface area contributed by atoms with Gasteiger partial charge >= 0.3 is 5.97 Å². The van der Waals surface area contributed by atoms with E-state index in [2.05, 4.69) is 4.98 Å². The van der Waals surface area contributed by atoms with Crippen LogP contribution in [0.2, 0.25) is 0 Å². The molecule has 4 nitrogen and oxygen atoms in total. The minimum atomic E-state index is -1.01. The Bertz CT molecular complexity index is 827. The minimum absolute atomic E-state index is 0.135. The van der Waals surface area contributed by atoms with Crippen LogP contribution in [0, 0.1) is 6.92 Å². The molecule has 0 aliphatic carbocycles. The van der Waals surface area contributed by atoms with Crippen LogP contribution >= 0.6 is 0 Å². The van der Waals surface area contributed by atoms with Crippen LogP contribution in [0.4, 0.5) is 0 Å². The van der Waals surface area contributed by atoms with E-state index < -0.39 is 5.97 Å². The number of pyridine rings is 1. The van der Waals surface area contributed by atoms with Crippen molar-refractivity contribution in [1.82, 2.24) is 4.98 Å². The Labute approximate surface area is 121 Å². The van der Waals surface area contributed by atoms with E-state index in [0.29, 0.717) is 11.5 Å². The summed E-state index contributed by atoms with van der Waals surface area (Å²) in [5.41, 5.74) is 1.77. The molecule has 1 aromatic heterocycles. The van der Waals surface area contributed by atoms with Crippen molar-refractivity contribution in [3.63, 3.8) is 0 Å². The Kier molecular flexibility index (Phi) is 3.28. The summed E-state index contributed by atoms with van der Waals surface area (Å²) in [7, 11) is 0. The van der Waals surface area contributed by atoms with E-state index in [9.17, 15) is 9.90 Å². The van der Waals surface area contributed by atoms with E-state index in [4.69, 9.17) is 4.74 Å². The zero-order valence-corrected chi connectivity index (χ0v) is 11.4. The number of fused-ring (bicyclic) bond motifs is 1. The van der Waals surface area contributed by atoms with Gasteiger partial charge in [-0.15, -0.1) is 0 Å². The maximum atomic E-state index is 11.3. The first-order chi connectivity index (χ1) is 10.1. The first-order valence-electron chi connectivity index (χ1n) is 6.52. The lowest BCUT2D eigenvalue weighted by Crippen LogP contribution is -2.00. The fourth-order valence-corrected chi connectivity index (χ4v) is 2.20. The summed E-state index contributed by atoms with van der Waals surface area (Å²) < 4.78 is 5.84. The highest BCUT2D eigenvalue weighted by atomic mass is 16.5. The van der Waals surface area contributed by atoms with E-state index in [-0.39, 0.29) is 5.56 Å². The predicted octanol–water partition coefficient (Wildman–Crippen LogP) is 4.03. The SMILES string of the molecule is Cc1cc(Oc2ccccc2C(=O)O)c2ccccc2n1. The lowest BCUT2D eigenvalue weighted by atomic mass is 10.1. The Balaban J connectivity index is 2.13. The number of carbonyl (C=O) groups is 1. The van der Waals surface area contributed by atoms with Gasteiger partial charge in [-0.1, -0.05) is 24.3 Å². The number of nitrogens with zero attached hydrogens (tertiary/aromatic N) is 1. The highest BCUT2D eigenvalue weighted by Crippen LogP contribution is 2.31. The molecule has 4 heteroatoms. The average molecular weight is 279 g/mol. The Morgan fingerprint density at radius 1 is 1.05 bits per heavy atom. The monoisotopic (exact) mass is 279 g/mol. The number of hydrogen-bond donors (Lipinski definition) is 1. The highest BCUT2D eigenvalue weighted by molar-refractivity contribution is 5.91. The highest BCUT2D eigenvalue weighted by Gasteiger charge is 2.13. The molecule has 1 heterocycles. The molecule has 0 aliphatic heterocycles. The molecule has 0 saturated heterocycles. The van der Waals surface area contributed by atoms with Crippen molar-refractivity contribution in [3.8, 4) is 11.5 Å². The fraction of sp³-hybridized carbons (Fsp3) is 0.0588. The molecule has 1 N–H and O–H groups in total. The number of benzene rings is 2. The molecule has 21 heavy (non-hydrogen) atoms. The van der Waals surface area contributed by atoms with Gasteiger partial charge in [-0.25, -0.2) is 4.79 Å².